The van der Waals surface area contributed by atoms with Crippen molar-refractivity contribution in [1.82, 2.24) is 0 Å². The van der Waals surface area contributed by atoms with Gasteiger partial charge in [0.2, 0.25) is 0 Å². The zero-order valence-electron chi connectivity index (χ0n) is 22.7. The van der Waals surface area contributed by atoms with Gasteiger partial charge in [0.15, 0.2) is 0 Å². The average molecular weight is 475 g/mol. The number of fused-ring (bicyclic) bond motifs is 1. The molecule has 186 valence electrons. The van der Waals surface area contributed by atoms with Gasteiger partial charge >= 0.3 is 0 Å². The maximum atomic E-state index is 4.65. The highest BCUT2D eigenvalue weighted by atomic mass is 14.3. The number of rotatable bonds is 8. The van der Waals surface area contributed by atoms with Crippen LogP contribution in [0.3, 0.4) is 0 Å². The summed E-state index contributed by atoms with van der Waals surface area (Å²) < 4.78 is 0. The van der Waals surface area contributed by atoms with Gasteiger partial charge < -0.3 is 0 Å². The lowest BCUT2D eigenvalue weighted by Crippen LogP contribution is -2.09. The first kappa shape index (κ1) is 24.8. The van der Waals surface area contributed by atoms with Crippen molar-refractivity contribution in [3.05, 3.63) is 111 Å². The highest BCUT2D eigenvalue weighted by molar-refractivity contribution is 5.79. The van der Waals surface area contributed by atoms with E-state index in [4.69, 9.17) is 0 Å². The summed E-state index contributed by atoms with van der Waals surface area (Å²) >= 11 is 0. The topological polar surface area (TPSA) is 0 Å². The van der Waals surface area contributed by atoms with Gasteiger partial charge in [-0.2, -0.15) is 0 Å². The predicted octanol–water partition coefficient (Wildman–Crippen LogP) is 10.1. The fraction of sp³-hybridized carbons (Fsp3) is 0.389. The van der Waals surface area contributed by atoms with Crippen molar-refractivity contribution in [2.75, 3.05) is 0 Å². The summed E-state index contributed by atoms with van der Waals surface area (Å²) in [5.74, 6) is 0.667. The summed E-state index contributed by atoms with van der Waals surface area (Å²) in [5.41, 5.74) is 16.9. The summed E-state index contributed by atoms with van der Waals surface area (Å²) in [6.45, 7) is 15.9. The van der Waals surface area contributed by atoms with E-state index in [-0.39, 0.29) is 0 Å². The second kappa shape index (κ2) is 10.6. The minimum atomic E-state index is 0.667. The molecule has 0 saturated heterocycles. The van der Waals surface area contributed by atoms with E-state index < -0.39 is 0 Å². The predicted molar refractivity (Wildman–Crippen MR) is 158 cm³/mol. The SMILES string of the molecule is C=C(CC1=CCC=C1C1=Cc2cc(C(=C)C3CCCCC3)c(CCC)cc2C1)c1c(C)cccc1C. The highest BCUT2D eigenvalue weighted by Crippen LogP contribution is 2.42. The van der Waals surface area contributed by atoms with Gasteiger partial charge in [-0.05, 0) is 131 Å². The molecular formula is C36H42. The Hall–Kier alpha value is -2.86. The van der Waals surface area contributed by atoms with Gasteiger partial charge in [0.25, 0.3) is 0 Å². The standard InChI is InChI=1S/C36H42/c1-6-12-29-20-31-21-33(22-32(31)23-35(29)27(5)28-15-8-7-9-16-28)34-18-11-17-30(34)19-26(4)36-24(2)13-10-14-25(36)3/h10,13-14,17-18,20,22-23,28H,4-9,11-12,15-16,19,21H2,1-3H3. The Morgan fingerprint density at radius 2 is 1.72 bits per heavy atom. The molecule has 0 aromatic heterocycles. The van der Waals surface area contributed by atoms with Crippen molar-refractivity contribution in [3.63, 3.8) is 0 Å². The van der Waals surface area contributed by atoms with Crippen LogP contribution in [0.5, 0.6) is 0 Å². The van der Waals surface area contributed by atoms with Crippen molar-refractivity contribution >= 4 is 17.2 Å². The molecule has 2 aromatic carbocycles. The van der Waals surface area contributed by atoms with Gasteiger partial charge in [0.1, 0.15) is 0 Å². The third-order valence-corrected chi connectivity index (χ3v) is 8.66. The third kappa shape index (κ3) is 4.88. The normalized spacial score (nSPS) is 17.5. The van der Waals surface area contributed by atoms with Crippen LogP contribution in [0.15, 0.2) is 72.4 Å². The fourth-order valence-electron chi connectivity index (χ4n) is 6.82. The molecule has 0 radical (unpaired) electrons. The van der Waals surface area contributed by atoms with E-state index in [0.717, 1.165) is 25.7 Å². The molecule has 1 saturated carbocycles. The van der Waals surface area contributed by atoms with Crippen molar-refractivity contribution in [2.24, 2.45) is 5.92 Å². The molecule has 0 atom stereocenters. The van der Waals surface area contributed by atoms with E-state index in [1.165, 1.54) is 105 Å². The van der Waals surface area contributed by atoms with Gasteiger partial charge in [-0.25, -0.2) is 0 Å². The third-order valence-electron chi connectivity index (χ3n) is 8.66. The lowest BCUT2D eigenvalue weighted by Gasteiger charge is -2.26. The summed E-state index contributed by atoms with van der Waals surface area (Å²) in [5, 5.41) is 0. The second-order valence-corrected chi connectivity index (χ2v) is 11.3. The molecule has 0 aliphatic heterocycles. The Morgan fingerprint density at radius 3 is 2.44 bits per heavy atom. The maximum Gasteiger partial charge on any atom is -0.00136 e. The summed E-state index contributed by atoms with van der Waals surface area (Å²) in [4.78, 5) is 0. The molecule has 5 rings (SSSR count). The van der Waals surface area contributed by atoms with E-state index >= 15 is 0 Å². The van der Waals surface area contributed by atoms with E-state index in [1.807, 2.05) is 0 Å². The second-order valence-electron chi connectivity index (χ2n) is 11.3. The maximum absolute atomic E-state index is 4.65. The van der Waals surface area contributed by atoms with Crippen LogP contribution in [0.4, 0.5) is 0 Å². The van der Waals surface area contributed by atoms with Gasteiger partial charge in [0, 0.05) is 0 Å². The van der Waals surface area contributed by atoms with Gasteiger partial charge in [0.05, 0.1) is 0 Å². The van der Waals surface area contributed by atoms with E-state index in [2.05, 4.69) is 82.5 Å². The smallest absolute Gasteiger partial charge is 0.00136 e. The number of allylic oxidation sites excluding steroid dienone is 7. The zero-order chi connectivity index (χ0) is 25.2. The minimum absolute atomic E-state index is 0.667. The molecule has 3 aliphatic carbocycles. The molecule has 0 heterocycles. The largest absolute Gasteiger partial charge is 0.0949 e. The first-order valence-electron chi connectivity index (χ1n) is 14.2. The Bertz CT molecular complexity index is 1260. The van der Waals surface area contributed by atoms with Crippen LogP contribution in [0, 0.1) is 19.8 Å². The molecule has 0 bridgehead atoms. The van der Waals surface area contributed by atoms with E-state index in [1.54, 1.807) is 0 Å². The number of benzene rings is 2. The molecule has 3 aliphatic rings. The van der Waals surface area contributed by atoms with Crippen molar-refractivity contribution < 1.29 is 0 Å². The highest BCUT2D eigenvalue weighted by Gasteiger charge is 2.25. The average Bonchev–Trinajstić information content (AvgIpc) is 3.50. The van der Waals surface area contributed by atoms with Crippen LogP contribution >= 0.6 is 0 Å². The number of hydrogen-bond acceptors (Lipinski definition) is 0. The van der Waals surface area contributed by atoms with Gasteiger partial charge in [-0.15, -0.1) is 0 Å². The van der Waals surface area contributed by atoms with Crippen molar-refractivity contribution in [1.29, 1.82) is 0 Å². The number of hydrogen-bond donors (Lipinski definition) is 0. The number of aryl methyl sites for hydroxylation is 3. The zero-order valence-corrected chi connectivity index (χ0v) is 22.7. The van der Waals surface area contributed by atoms with E-state index in [9.17, 15) is 0 Å². The molecule has 0 spiro atoms. The Balaban J connectivity index is 1.39. The van der Waals surface area contributed by atoms with Gasteiger partial charge in [-0.1, -0.05) is 88.3 Å². The molecule has 2 aromatic rings. The van der Waals surface area contributed by atoms with Crippen LogP contribution in [0.2, 0.25) is 0 Å². The Labute approximate surface area is 219 Å². The molecule has 0 amide bonds. The summed E-state index contributed by atoms with van der Waals surface area (Å²) in [6.07, 6.45) is 19.4. The lowest BCUT2D eigenvalue weighted by molar-refractivity contribution is 0.429. The Morgan fingerprint density at radius 1 is 0.972 bits per heavy atom. The summed E-state index contributed by atoms with van der Waals surface area (Å²) in [6, 6.07) is 11.6. The van der Waals surface area contributed by atoms with Crippen LogP contribution in [-0.4, -0.2) is 0 Å². The van der Waals surface area contributed by atoms with Crippen LogP contribution in [0.1, 0.15) is 97.2 Å². The first-order chi connectivity index (χ1) is 17.5. The van der Waals surface area contributed by atoms with Crippen LogP contribution in [-0.2, 0) is 12.8 Å². The minimum Gasteiger partial charge on any atom is -0.0949 e. The quantitative estimate of drug-likeness (QED) is 0.357. The van der Waals surface area contributed by atoms with Crippen molar-refractivity contribution in [2.45, 2.75) is 85.0 Å². The van der Waals surface area contributed by atoms with Crippen LogP contribution in [0.25, 0.3) is 17.2 Å². The molecule has 0 heteroatoms. The van der Waals surface area contributed by atoms with Gasteiger partial charge in [-0.3, -0.25) is 0 Å². The molecule has 0 nitrogen and oxygen atoms in total. The monoisotopic (exact) mass is 474 g/mol. The van der Waals surface area contributed by atoms with Crippen molar-refractivity contribution in [3.8, 4) is 0 Å². The molecule has 36 heavy (non-hydrogen) atoms. The summed E-state index contributed by atoms with van der Waals surface area (Å²) in [7, 11) is 0. The molecule has 0 unspecified atom stereocenters. The Kier molecular flexibility index (Phi) is 7.33. The molecular weight excluding hydrogens is 432 g/mol. The lowest BCUT2D eigenvalue weighted by atomic mass is 9.79. The molecule has 1 fully saturated rings. The fourth-order valence-corrected chi connectivity index (χ4v) is 6.82. The molecule has 0 N–H and O–H groups in total. The first-order valence-corrected chi connectivity index (χ1v) is 14.2. The van der Waals surface area contributed by atoms with Crippen LogP contribution < -0.4 is 0 Å². The van der Waals surface area contributed by atoms with E-state index in [0.29, 0.717) is 5.92 Å².